The molecule has 0 aliphatic heterocycles. The van der Waals surface area contributed by atoms with Gasteiger partial charge in [0.1, 0.15) is 0 Å². The summed E-state index contributed by atoms with van der Waals surface area (Å²) in [5.41, 5.74) is 0.131. The number of hydrogen-bond acceptors (Lipinski definition) is 3. The van der Waals surface area contributed by atoms with Gasteiger partial charge in [-0.05, 0) is 17.7 Å². The highest BCUT2D eigenvalue weighted by atomic mass is 19.4. The van der Waals surface area contributed by atoms with E-state index in [0.29, 0.717) is 25.6 Å². The van der Waals surface area contributed by atoms with E-state index >= 15 is 0 Å². The van der Waals surface area contributed by atoms with Gasteiger partial charge in [0.15, 0.2) is 0 Å². The molecular weight excluding hydrogens is 283 g/mol. The van der Waals surface area contributed by atoms with E-state index in [4.69, 9.17) is 4.74 Å². The number of hydrogen-bond donors (Lipinski definition) is 1. The third-order valence-electron chi connectivity index (χ3n) is 2.94. The molecule has 2 rings (SSSR count). The molecule has 0 spiro atoms. The number of aromatic nitrogens is 2. The number of anilines is 1. The average molecular weight is 299 g/mol. The van der Waals surface area contributed by atoms with Crippen molar-refractivity contribution in [3.8, 4) is 0 Å². The van der Waals surface area contributed by atoms with Crippen LogP contribution in [-0.2, 0) is 17.5 Å². The van der Waals surface area contributed by atoms with Crippen LogP contribution in [-0.4, -0.2) is 29.8 Å². The number of methoxy groups -OCH3 is 1. The summed E-state index contributed by atoms with van der Waals surface area (Å²) in [7, 11) is 1.61. The van der Waals surface area contributed by atoms with Gasteiger partial charge in [-0.2, -0.15) is 13.2 Å². The molecule has 0 atom stereocenters. The molecule has 0 saturated carbocycles. The Bertz CT molecular complexity index is 564. The maximum atomic E-state index is 12.5. The zero-order valence-corrected chi connectivity index (χ0v) is 11.5. The Morgan fingerprint density at radius 3 is 2.57 bits per heavy atom. The number of nitrogens with one attached hydrogen (secondary N) is 1. The lowest BCUT2D eigenvalue weighted by atomic mass is 10.1. The Morgan fingerprint density at radius 2 is 1.95 bits per heavy atom. The summed E-state index contributed by atoms with van der Waals surface area (Å²) in [4.78, 5) is 4.16. The highest BCUT2D eigenvalue weighted by Gasteiger charge is 2.29. The van der Waals surface area contributed by atoms with Crippen LogP contribution in [0.5, 0.6) is 0 Å². The van der Waals surface area contributed by atoms with Crippen LogP contribution in [0.25, 0.3) is 0 Å². The molecule has 0 amide bonds. The van der Waals surface area contributed by atoms with Crippen LogP contribution in [0.2, 0.25) is 0 Å². The summed E-state index contributed by atoms with van der Waals surface area (Å²) in [5, 5.41) is 3.10. The Kier molecular flexibility index (Phi) is 4.85. The van der Waals surface area contributed by atoms with Gasteiger partial charge in [0.2, 0.25) is 5.95 Å². The lowest BCUT2D eigenvalue weighted by molar-refractivity contribution is -0.137. The maximum absolute atomic E-state index is 12.5. The van der Waals surface area contributed by atoms with Crippen molar-refractivity contribution in [3.63, 3.8) is 0 Å². The smallest absolute Gasteiger partial charge is 0.383 e. The first-order valence-electron chi connectivity index (χ1n) is 6.41. The van der Waals surface area contributed by atoms with Gasteiger partial charge in [-0.3, -0.25) is 0 Å². The molecule has 1 N–H and O–H groups in total. The first kappa shape index (κ1) is 15.4. The quantitative estimate of drug-likeness (QED) is 0.833. The molecular formula is C14H16F3N3O. The summed E-state index contributed by atoms with van der Waals surface area (Å²) in [5.74, 6) is 0.659. The minimum Gasteiger partial charge on any atom is -0.383 e. The molecule has 2 aromatic rings. The molecule has 0 fully saturated rings. The summed E-state index contributed by atoms with van der Waals surface area (Å²) in [6.45, 7) is 1.61. The van der Waals surface area contributed by atoms with E-state index in [1.807, 2.05) is 4.57 Å². The second-order valence-corrected chi connectivity index (χ2v) is 4.49. The zero-order chi connectivity index (χ0) is 15.3. The Balaban J connectivity index is 2.03. The highest BCUT2D eigenvalue weighted by molar-refractivity contribution is 5.29. The predicted octanol–water partition coefficient (Wildman–Crippen LogP) is 3.01. The number of rotatable bonds is 6. The maximum Gasteiger partial charge on any atom is 0.416 e. The lowest BCUT2D eigenvalue weighted by Crippen LogP contribution is -2.13. The summed E-state index contributed by atoms with van der Waals surface area (Å²) >= 11 is 0. The van der Waals surface area contributed by atoms with Crippen LogP contribution in [0.4, 0.5) is 19.1 Å². The molecule has 1 aromatic carbocycles. The minimum absolute atomic E-state index is 0.452. The van der Waals surface area contributed by atoms with E-state index in [1.54, 1.807) is 19.5 Å². The van der Waals surface area contributed by atoms with Crippen LogP contribution < -0.4 is 5.32 Å². The lowest BCUT2D eigenvalue weighted by Gasteiger charge is -2.11. The summed E-state index contributed by atoms with van der Waals surface area (Å²) in [6.07, 6.45) is -0.896. The summed E-state index contributed by atoms with van der Waals surface area (Å²) < 4.78 is 44.3. The fourth-order valence-corrected chi connectivity index (χ4v) is 1.86. The number of ether oxygens (including phenoxy) is 1. The predicted molar refractivity (Wildman–Crippen MR) is 73.1 cm³/mol. The van der Waals surface area contributed by atoms with E-state index in [9.17, 15) is 13.2 Å². The van der Waals surface area contributed by atoms with Crippen LogP contribution in [0.3, 0.4) is 0 Å². The highest BCUT2D eigenvalue weighted by Crippen LogP contribution is 2.29. The summed E-state index contributed by atoms with van der Waals surface area (Å²) in [6, 6.07) is 5.12. The SMILES string of the molecule is COCCNc1nccn1Cc1ccc(C(F)(F)F)cc1. The molecule has 21 heavy (non-hydrogen) atoms. The van der Waals surface area contributed by atoms with E-state index in [0.717, 1.165) is 17.7 Å². The van der Waals surface area contributed by atoms with Crippen molar-refractivity contribution in [1.29, 1.82) is 0 Å². The van der Waals surface area contributed by atoms with Gasteiger partial charge in [-0.1, -0.05) is 12.1 Å². The van der Waals surface area contributed by atoms with Crippen LogP contribution in [0.15, 0.2) is 36.7 Å². The standard InChI is InChI=1S/C14H16F3N3O/c1-21-9-7-19-13-18-6-8-20(13)10-11-2-4-12(5-3-11)14(15,16)17/h2-6,8H,7,9-10H2,1H3,(H,18,19). The fourth-order valence-electron chi connectivity index (χ4n) is 1.86. The third-order valence-corrected chi connectivity index (χ3v) is 2.94. The van der Waals surface area contributed by atoms with Crippen LogP contribution in [0, 0.1) is 0 Å². The molecule has 114 valence electrons. The second-order valence-electron chi connectivity index (χ2n) is 4.49. The van der Waals surface area contributed by atoms with Gasteiger partial charge in [-0.25, -0.2) is 4.98 Å². The fraction of sp³-hybridized carbons (Fsp3) is 0.357. The normalized spacial score (nSPS) is 11.6. The van der Waals surface area contributed by atoms with E-state index in [1.165, 1.54) is 12.1 Å². The van der Waals surface area contributed by atoms with Gasteiger partial charge in [0, 0.05) is 26.0 Å². The molecule has 1 aromatic heterocycles. The molecule has 1 heterocycles. The van der Waals surface area contributed by atoms with E-state index in [2.05, 4.69) is 10.3 Å². The number of imidazole rings is 1. The topological polar surface area (TPSA) is 39.1 Å². The van der Waals surface area contributed by atoms with Gasteiger partial charge in [-0.15, -0.1) is 0 Å². The van der Waals surface area contributed by atoms with Crippen LogP contribution in [0.1, 0.15) is 11.1 Å². The van der Waals surface area contributed by atoms with Gasteiger partial charge in [0.05, 0.1) is 18.7 Å². The minimum atomic E-state index is -4.31. The first-order chi connectivity index (χ1) is 10.0. The van der Waals surface area contributed by atoms with Gasteiger partial charge in [0.25, 0.3) is 0 Å². The van der Waals surface area contributed by atoms with Crippen molar-refractivity contribution < 1.29 is 17.9 Å². The number of alkyl halides is 3. The van der Waals surface area contributed by atoms with E-state index < -0.39 is 11.7 Å². The molecule has 0 unspecified atom stereocenters. The Labute approximate surface area is 120 Å². The first-order valence-corrected chi connectivity index (χ1v) is 6.41. The molecule has 0 aliphatic rings. The largest absolute Gasteiger partial charge is 0.416 e. The molecule has 0 saturated heterocycles. The zero-order valence-electron chi connectivity index (χ0n) is 11.5. The molecule has 0 aliphatic carbocycles. The van der Waals surface area contributed by atoms with Crippen molar-refractivity contribution in [3.05, 3.63) is 47.8 Å². The second kappa shape index (κ2) is 6.62. The van der Waals surface area contributed by atoms with Crippen LogP contribution >= 0.6 is 0 Å². The average Bonchev–Trinajstić information content (AvgIpc) is 2.86. The number of halogens is 3. The van der Waals surface area contributed by atoms with Crippen molar-refractivity contribution in [2.24, 2.45) is 0 Å². The van der Waals surface area contributed by atoms with Gasteiger partial charge >= 0.3 is 6.18 Å². The monoisotopic (exact) mass is 299 g/mol. The molecule has 7 heteroatoms. The molecule has 0 radical (unpaired) electrons. The molecule has 4 nitrogen and oxygen atoms in total. The van der Waals surface area contributed by atoms with Crippen molar-refractivity contribution in [2.75, 3.05) is 25.6 Å². The Morgan fingerprint density at radius 1 is 1.24 bits per heavy atom. The number of nitrogens with zero attached hydrogens (tertiary/aromatic N) is 2. The third kappa shape index (κ3) is 4.22. The van der Waals surface area contributed by atoms with Gasteiger partial charge < -0.3 is 14.6 Å². The number of benzene rings is 1. The van der Waals surface area contributed by atoms with Crippen molar-refractivity contribution in [2.45, 2.75) is 12.7 Å². The van der Waals surface area contributed by atoms with Crippen molar-refractivity contribution in [1.82, 2.24) is 9.55 Å². The van der Waals surface area contributed by atoms with Crippen molar-refractivity contribution >= 4 is 5.95 Å². The molecule has 0 bridgehead atoms. The van der Waals surface area contributed by atoms with E-state index in [-0.39, 0.29) is 0 Å². The Hall–Kier alpha value is -2.02.